The van der Waals surface area contributed by atoms with Crippen LogP contribution in [0.5, 0.6) is 0 Å². The summed E-state index contributed by atoms with van der Waals surface area (Å²) in [6.45, 7) is 0. The summed E-state index contributed by atoms with van der Waals surface area (Å²) in [6.07, 6.45) is 1.94. The molecule has 1 atom stereocenters. The fourth-order valence-electron chi connectivity index (χ4n) is 1.98. The first-order chi connectivity index (χ1) is 8.70. The van der Waals surface area contributed by atoms with Crippen LogP contribution in [-0.4, -0.2) is 7.05 Å². The van der Waals surface area contributed by atoms with Gasteiger partial charge in [-0.05, 0) is 49.0 Å². The lowest BCUT2D eigenvalue weighted by atomic mass is 10.0. The van der Waals surface area contributed by atoms with Gasteiger partial charge in [0.15, 0.2) is 0 Å². The second-order valence-corrected chi connectivity index (χ2v) is 5.56. The van der Waals surface area contributed by atoms with Crippen molar-refractivity contribution in [2.45, 2.75) is 18.9 Å². The van der Waals surface area contributed by atoms with E-state index in [1.54, 1.807) is 17.4 Å². The standard InChI is InChI=1S/C14H15ClFNS/c1-17-14(7-5-11-3-2-8-18-11)12-6-4-10(16)9-13(12)15/h2-4,6,8-9,14,17H,5,7H2,1H3. The molecule has 2 rings (SSSR count). The molecule has 0 aliphatic heterocycles. The molecule has 0 radical (unpaired) electrons. The number of hydrogen-bond donors (Lipinski definition) is 1. The number of nitrogens with one attached hydrogen (secondary N) is 1. The Kier molecular flexibility index (Phi) is 4.75. The zero-order chi connectivity index (χ0) is 13.0. The van der Waals surface area contributed by atoms with Gasteiger partial charge in [0.1, 0.15) is 5.82 Å². The second-order valence-electron chi connectivity index (χ2n) is 4.13. The Morgan fingerprint density at radius 1 is 1.39 bits per heavy atom. The number of aryl methyl sites for hydroxylation is 1. The highest BCUT2D eigenvalue weighted by Gasteiger charge is 2.13. The molecule has 1 heterocycles. The summed E-state index contributed by atoms with van der Waals surface area (Å²) in [5.41, 5.74) is 0.956. The molecule has 1 aromatic carbocycles. The molecule has 0 saturated carbocycles. The molecule has 0 spiro atoms. The van der Waals surface area contributed by atoms with Crippen molar-refractivity contribution in [1.82, 2.24) is 5.32 Å². The van der Waals surface area contributed by atoms with Crippen LogP contribution in [-0.2, 0) is 6.42 Å². The first-order valence-corrected chi connectivity index (χ1v) is 7.11. The third-order valence-electron chi connectivity index (χ3n) is 2.95. The summed E-state index contributed by atoms with van der Waals surface area (Å²) >= 11 is 7.84. The van der Waals surface area contributed by atoms with Gasteiger partial charge in [-0.3, -0.25) is 0 Å². The molecule has 1 unspecified atom stereocenters. The van der Waals surface area contributed by atoms with E-state index in [0.717, 1.165) is 18.4 Å². The first-order valence-electron chi connectivity index (χ1n) is 5.85. The van der Waals surface area contributed by atoms with Crippen molar-refractivity contribution in [1.29, 1.82) is 0 Å². The highest BCUT2D eigenvalue weighted by atomic mass is 35.5. The van der Waals surface area contributed by atoms with Gasteiger partial charge in [-0.1, -0.05) is 23.7 Å². The number of hydrogen-bond acceptors (Lipinski definition) is 2. The van der Waals surface area contributed by atoms with Crippen LogP contribution in [0, 0.1) is 5.82 Å². The Bertz CT molecular complexity index is 499. The van der Waals surface area contributed by atoms with E-state index in [9.17, 15) is 4.39 Å². The van der Waals surface area contributed by atoms with E-state index in [2.05, 4.69) is 22.8 Å². The molecular formula is C14H15ClFNS. The van der Waals surface area contributed by atoms with Gasteiger partial charge in [0.2, 0.25) is 0 Å². The molecule has 0 bridgehead atoms. The molecule has 18 heavy (non-hydrogen) atoms. The maximum absolute atomic E-state index is 13.0. The predicted molar refractivity (Wildman–Crippen MR) is 75.9 cm³/mol. The lowest BCUT2D eigenvalue weighted by Gasteiger charge is -2.17. The Morgan fingerprint density at radius 3 is 2.83 bits per heavy atom. The molecule has 0 amide bonds. The Balaban J connectivity index is 2.08. The van der Waals surface area contributed by atoms with E-state index in [4.69, 9.17) is 11.6 Å². The molecule has 1 N–H and O–H groups in total. The molecule has 96 valence electrons. The van der Waals surface area contributed by atoms with Crippen molar-refractivity contribution in [3.8, 4) is 0 Å². The minimum absolute atomic E-state index is 0.153. The van der Waals surface area contributed by atoms with E-state index in [1.165, 1.54) is 17.0 Å². The van der Waals surface area contributed by atoms with Crippen LogP contribution in [0.3, 0.4) is 0 Å². The normalized spacial score (nSPS) is 12.6. The monoisotopic (exact) mass is 283 g/mol. The van der Waals surface area contributed by atoms with Crippen molar-refractivity contribution >= 4 is 22.9 Å². The van der Waals surface area contributed by atoms with Gasteiger partial charge in [-0.25, -0.2) is 4.39 Å². The summed E-state index contributed by atoms with van der Waals surface area (Å²) in [7, 11) is 1.90. The molecule has 2 aromatic rings. The largest absolute Gasteiger partial charge is 0.313 e. The minimum Gasteiger partial charge on any atom is -0.313 e. The van der Waals surface area contributed by atoms with Gasteiger partial charge >= 0.3 is 0 Å². The molecular weight excluding hydrogens is 269 g/mol. The predicted octanol–water partition coefficient (Wildman–Crippen LogP) is 4.43. The van der Waals surface area contributed by atoms with Crippen LogP contribution in [0.15, 0.2) is 35.7 Å². The quantitative estimate of drug-likeness (QED) is 0.856. The number of rotatable bonds is 5. The Labute approximate surface area is 116 Å². The SMILES string of the molecule is CNC(CCc1cccs1)c1ccc(F)cc1Cl. The second kappa shape index (κ2) is 6.32. The van der Waals surface area contributed by atoms with Crippen LogP contribution in [0.4, 0.5) is 4.39 Å². The smallest absolute Gasteiger partial charge is 0.124 e. The number of halogens is 2. The van der Waals surface area contributed by atoms with Crippen LogP contribution < -0.4 is 5.32 Å². The first kappa shape index (κ1) is 13.5. The lowest BCUT2D eigenvalue weighted by molar-refractivity contribution is 0.549. The van der Waals surface area contributed by atoms with Gasteiger partial charge in [0.25, 0.3) is 0 Å². The average molecular weight is 284 g/mol. The van der Waals surface area contributed by atoms with Crippen molar-refractivity contribution in [3.63, 3.8) is 0 Å². The van der Waals surface area contributed by atoms with Crippen LogP contribution in [0.2, 0.25) is 5.02 Å². The van der Waals surface area contributed by atoms with Gasteiger partial charge in [-0.15, -0.1) is 11.3 Å². The van der Waals surface area contributed by atoms with E-state index in [1.807, 2.05) is 7.05 Å². The van der Waals surface area contributed by atoms with Crippen LogP contribution in [0.1, 0.15) is 22.9 Å². The summed E-state index contributed by atoms with van der Waals surface area (Å²) in [5.74, 6) is -0.295. The lowest BCUT2D eigenvalue weighted by Crippen LogP contribution is -2.17. The van der Waals surface area contributed by atoms with E-state index < -0.39 is 0 Å². The molecule has 0 aliphatic carbocycles. The van der Waals surface area contributed by atoms with Gasteiger partial charge < -0.3 is 5.32 Å². The van der Waals surface area contributed by atoms with E-state index in [0.29, 0.717) is 5.02 Å². The Morgan fingerprint density at radius 2 is 2.22 bits per heavy atom. The van der Waals surface area contributed by atoms with E-state index >= 15 is 0 Å². The third kappa shape index (κ3) is 3.31. The summed E-state index contributed by atoms with van der Waals surface area (Å²) < 4.78 is 13.0. The summed E-state index contributed by atoms with van der Waals surface area (Å²) in [6, 6.07) is 8.92. The fraction of sp³-hybridized carbons (Fsp3) is 0.286. The summed E-state index contributed by atoms with van der Waals surface area (Å²) in [5, 5.41) is 5.80. The molecule has 1 aromatic heterocycles. The van der Waals surface area contributed by atoms with Crippen molar-refractivity contribution in [2.24, 2.45) is 0 Å². The number of benzene rings is 1. The molecule has 0 fully saturated rings. The van der Waals surface area contributed by atoms with Crippen molar-refractivity contribution in [2.75, 3.05) is 7.05 Å². The van der Waals surface area contributed by atoms with Crippen molar-refractivity contribution in [3.05, 3.63) is 57.0 Å². The zero-order valence-corrected chi connectivity index (χ0v) is 11.7. The van der Waals surface area contributed by atoms with E-state index in [-0.39, 0.29) is 11.9 Å². The van der Waals surface area contributed by atoms with Crippen molar-refractivity contribution < 1.29 is 4.39 Å². The van der Waals surface area contributed by atoms with Gasteiger partial charge in [0.05, 0.1) is 0 Å². The average Bonchev–Trinajstić information content (AvgIpc) is 2.85. The highest BCUT2D eigenvalue weighted by Crippen LogP contribution is 2.27. The van der Waals surface area contributed by atoms with Crippen LogP contribution >= 0.6 is 22.9 Å². The molecule has 1 nitrogen and oxygen atoms in total. The van der Waals surface area contributed by atoms with Gasteiger partial charge in [-0.2, -0.15) is 0 Å². The summed E-state index contributed by atoms with van der Waals surface area (Å²) in [4.78, 5) is 1.36. The third-order valence-corrected chi connectivity index (χ3v) is 4.21. The Hall–Kier alpha value is -0.900. The maximum Gasteiger partial charge on any atom is 0.124 e. The number of thiophene rings is 1. The van der Waals surface area contributed by atoms with Gasteiger partial charge in [0, 0.05) is 15.9 Å². The highest BCUT2D eigenvalue weighted by molar-refractivity contribution is 7.09. The maximum atomic E-state index is 13.0. The fourth-order valence-corrected chi connectivity index (χ4v) is 3.00. The molecule has 0 aliphatic rings. The molecule has 4 heteroatoms. The molecule has 0 saturated heterocycles. The van der Waals surface area contributed by atoms with Crippen LogP contribution in [0.25, 0.3) is 0 Å². The topological polar surface area (TPSA) is 12.0 Å². The zero-order valence-electron chi connectivity index (χ0n) is 10.1. The minimum atomic E-state index is -0.295.